The number of hydrogen-bond donors (Lipinski definition) is 2. The van der Waals surface area contributed by atoms with E-state index in [1.165, 1.54) is 23.1 Å². The lowest BCUT2D eigenvalue weighted by Crippen LogP contribution is -2.22. The molecule has 29 heavy (non-hydrogen) atoms. The number of thioether (sulfide) groups is 1. The van der Waals surface area contributed by atoms with E-state index in [1.807, 2.05) is 62.4 Å². The number of aromatic nitrogens is 2. The molecule has 3 rings (SSSR count). The molecule has 1 amide bonds. The SMILES string of the molecule is CCOc1ccccc1NC(=O)C(C)Sc1nnc(Nc2ccccc2OC)s1. The van der Waals surface area contributed by atoms with Crippen LogP contribution in [0.3, 0.4) is 0 Å². The Balaban J connectivity index is 1.61. The summed E-state index contributed by atoms with van der Waals surface area (Å²) in [7, 11) is 1.62. The van der Waals surface area contributed by atoms with Crippen molar-refractivity contribution in [1.82, 2.24) is 10.2 Å². The second-order valence-electron chi connectivity index (χ2n) is 5.88. The summed E-state index contributed by atoms with van der Waals surface area (Å²) in [5.74, 6) is 1.24. The first kappa shape index (κ1) is 20.9. The van der Waals surface area contributed by atoms with Crippen molar-refractivity contribution >= 4 is 45.5 Å². The van der Waals surface area contributed by atoms with Gasteiger partial charge in [-0.25, -0.2) is 0 Å². The first-order valence-corrected chi connectivity index (χ1v) is 10.7. The third-order valence-electron chi connectivity index (χ3n) is 3.85. The Morgan fingerprint density at radius 1 is 1.10 bits per heavy atom. The van der Waals surface area contributed by atoms with Crippen molar-refractivity contribution < 1.29 is 14.3 Å². The van der Waals surface area contributed by atoms with Crippen molar-refractivity contribution in [2.24, 2.45) is 0 Å². The molecule has 0 aliphatic rings. The van der Waals surface area contributed by atoms with E-state index < -0.39 is 0 Å². The fourth-order valence-corrected chi connectivity index (χ4v) is 4.37. The molecule has 2 N–H and O–H groups in total. The average molecular weight is 431 g/mol. The molecule has 1 heterocycles. The van der Waals surface area contributed by atoms with Crippen LogP contribution in [0.15, 0.2) is 52.9 Å². The third kappa shape index (κ3) is 5.61. The number of carbonyl (C=O) groups excluding carboxylic acids is 1. The van der Waals surface area contributed by atoms with Crippen molar-refractivity contribution in [2.45, 2.75) is 23.4 Å². The van der Waals surface area contributed by atoms with Crippen LogP contribution in [0.2, 0.25) is 0 Å². The van der Waals surface area contributed by atoms with Gasteiger partial charge in [0, 0.05) is 0 Å². The van der Waals surface area contributed by atoms with Gasteiger partial charge >= 0.3 is 0 Å². The van der Waals surface area contributed by atoms with E-state index >= 15 is 0 Å². The number of para-hydroxylation sites is 4. The highest BCUT2D eigenvalue weighted by atomic mass is 32.2. The van der Waals surface area contributed by atoms with Crippen LogP contribution in [0.5, 0.6) is 11.5 Å². The summed E-state index contributed by atoms with van der Waals surface area (Å²) in [6.07, 6.45) is 0. The maximum Gasteiger partial charge on any atom is 0.237 e. The lowest BCUT2D eigenvalue weighted by atomic mass is 10.3. The van der Waals surface area contributed by atoms with Crippen molar-refractivity contribution in [2.75, 3.05) is 24.4 Å². The van der Waals surface area contributed by atoms with E-state index in [9.17, 15) is 4.79 Å². The van der Waals surface area contributed by atoms with Gasteiger partial charge in [0.2, 0.25) is 11.0 Å². The molecule has 0 saturated carbocycles. The number of hydrogen-bond acceptors (Lipinski definition) is 8. The smallest absolute Gasteiger partial charge is 0.237 e. The number of benzene rings is 2. The minimum Gasteiger partial charge on any atom is -0.495 e. The molecule has 152 valence electrons. The van der Waals surface area contributed by atoms with Gasteiger partial charge in [0.1, 0.15) is 11.5 Å². The number of anilines is 3. The molecule has 1 aromatic heterocycles. The largest absolute Gasteiger partial charge is 0.495 e. The topological polar surface area (TPSA) is 85.4 Å². The summed E-state index contributed by atoms with van der Waals surface area (Å²) in [5, 5.41) is 14.7. The van der Waals surface area contributed by atoms with Crippen LogP contribution in [0.4, 0.5) is 16.5 Å². The van der Waals surface area contributed by atoms with Crippen LogP contribution < -0.4 is 20.1 Å². The molecule has 0 aliphatic heterocycles. The molecule has 0 spiro atoms. The summed E-state index contributed by atoms with van der Waals surface area (Å²) in [4.78, 5) is 12.6. The highest BCUT2D eigenvalue weighted by Crippen LogP contribution is 2.33. The Morgan fingerprint density at radius 3 is 2.52 bits per heavy atom. The molecular weight excluding hydrogens is 408 g/mol. The zero-order chi connectivity index (χ0) is 20.6. The van der Waals surface area contributed by atoms with Crippen molar-refractivity contribution in [3.63, 3.8) is 0 Å². The van der Waals surface area contributed by atoms with Gasteiger partial charge in [-0.05, 0) is 38.1 Å². The molecule has 9 heteroatoms. The minimum absolute atomic E-state index is 0.128. The molecule has 0 aliphatic carbocycles. The fourth-order valence-electron chi connectivity index (χ4n) is 2.46. The van der Waals surface area contributed by atoms with E-state index in [2.05, 4.69) is 20.8 Å². The van der Waals surface area contributed by atoms with E-state index in [-0.39, 0.29) is 11.2 Å². The lowest BCUT2D eigenvalue weighted by molar-refractivity contribution is -0.115. The maximum absolute atomic E-state index is 12.6. The van der Waals surface area contributed by atoms with Crippen LogP contribution in [0.25, 0.3) is 0 Å². The normalized spacial score (nSPS) is 11.6. The molecule has 1 unspecified atom stereocenters. The number of amides is 1. The second-order valence-corrected chi connectivity index (χ2v) is 8.44. The van der Waals surface area contributed by atoms with E-state index in [1.54, 1.807) is 7.11 Å². The van der Waals surface area contributed by atoms with E-state index in [0.29, 0.717) is 27.5 Å². The summed E-state index contributed by atoms with van der Waals surface area (Å²) in [6.45, 7) is 4.27. The molecule has 0 fully saturated rings. The molecule has 0 bridgehead atoms. The van der Waals surface area contributed by atoms with E-state index in [4.69, 9.17) is 9.47 Å². The summed E-state index contributed by atoms with van der Waals surface area (Å²) in [5.41, 5.74) is 1.46. The molecular formula is C20H22N4O3S2. The van der Waals surface area contributed by atoms with E-state index in [0.717, 1.165) is 11.4 Å². The standard InChI is InChI=1S/C20H22N4O3S2/c1-4-27-17-12-8-6-10-15(17)21-18(25)13(2)28-20-24-23-19(29-20)22-14-9-5-7-11-16(14)26-3/h5-13H,4H2,1-3H3,(H,21,25)(H,22,23). The van der Waals surface area contributed by atoms with Crippen LogP contribution in [0.1, 0.15) is 13.8 Å². The number of ether oxygens (including phenoxy) is 2. The van der Waals surface area contributed by atoms with Gasteiger partial charge in [-0.2, -0.15) is 0 Å². The Labute approximate surface area is 177 Å². The predicted molar refractivity (Wildman–Crippen MR) is 118 cm³/mol. The van der Waals surface area contributed by atoms with Gasteiger partial charge in [-0.1, -0.05) is 47.4 Å². The number of nitrogens with zero attached hydrogens (tertiary/aromatic N) is 2. The Morgan fingerprint density at radius 2 is 1.79 bits per heavy atom. The summed E-state index contributed by atoms with van der Waals surface area (Å²) in [6, 6.07) is 15.0. The number of methoxy groups -OCH3 is 1. The molecule has 0 radical (unpaired) electrons. The number of nitrogens with one attached hydrogen (secondary N) is 2. The highest BCUT2D eigenvalue weighted by molar-refractivity contribution is 8.02. The molecule has 1 atom stereocenters. The number of carbonyl (C=O) groups is 1. The quantitative estimate of drug-likeness (QED) is 0.471. The van der Waals surface area contributed by atoms with Crippen molar-refractivity contribution in [3.8, 4) is 11.5 Å². The summed E-state index contributed by atoms with van der Waals surface area (Å²) < 4.78 is 11.6. The Bertz CT molecular complexity index is 964. The first-order valence-electron chi connectivity index (χ1n) is 9.03. The Kier molecular flexibility index (Phi) is 7.31. The van der Waals surface area contributed by atoms with Crippen molar-refractivity contribution in [1.29, 1.82) is 0 Å². The van der Waals surface area contributed by atoms with Crippen LogP contribution in [0, 0.1) is 0 Å². The van der Waals surface area contributed by atoms with Gasteiger partial charge < -0.3 is 20.1 Å². The maximum atomic E-state index is 12.6. The van der Waals surface area contributed by atoms with Gasteiger partial charge in [-0.3, -0.25) is 4.79 Å². The molecule has 0 saturated heterocycles. The van der Waals surface area contributed by atoms with Crippen LogP contribution in [-0.4, -0.2) is 35.1 Å². The van der Waals surface area contributed by atoms with Crippen LogP contribution in [-0.2, 0) is 4.79 Å². The average Bonchev–Trinajstić information content (AvgIpc) is 3.16. The zero-order valence-corrected chi connectivity index (χ0v) is 18.0. The summed E-state index contributed by atoms with van der Waals surface area (Å²) >= 11 is 2.73. The fraction of sp³-hybridized carbons (Fsp3) is 0.250. The van der Waals surface area contributed by atoms with Gasteiger partial charge in [0.15, 0.2) is 4.34 Å². The molecule has 3 aromatic rings. The van der Waals surface area contributed by atoms with Gasteiger partial charge in [-0.15, -0.1) is 10.2 Å². The highest BCUT2D eigenvalue weighted by Gasteiger charge is 2.19. The van der Waals surface area contributed by atoms with Crippen LogP contribution >= 0.6 is 23.1 Å². The predicted octanol–water partition coefficient (Wildman–Crippen LogP) is 4.81. The lowest BCUT2D eigenvalue weighted by Gasteiger charge is -2.13. The zero-order valence-electron chi connectivity index (χ0n) is 16.3. The second kappa shape index (κ2) is 10.1. The first-order chi connectivity index (χ1) is 14.1. The number of rotatable bonds is 9. The van der Waals surface area contributed by atoms with Gasteiger partial charge in [0.05, 0.1) is 30.3 Å². The van der Waals surface area contributed by atoms with Crippen molar-refractivity contribution in [3.05, 3.63) is 48.5 Å². The third-order valence-corrected chi connectivity index (χ3v) is 5.87. The minimum atomic E-state index is -0.350. The monoisotopic (exact) mass is 430 g/mol. The molecule has 2 aromatic carbocycles. The molecule has 7 nitrogen and oxygen atoms in total. The van der Waals surface area contributed by atoms with Gasteiger partial charge in [0.25, 0.3) is 0 Å². The Hall–Kier alpha value is -2.78.